The van der Waals surface area contributed by atoms with Crippen molar-refractivity contribution >= 4 is 0 Å². The topological polar surface area (TPSA) is 58.0 Å². The van der Waals surface area contributed by atoms with E-state index in [1.165, 1.54) is 37.9 Å². The van der Waals surface area contributed by atoms with Gasteiger partial charge in [0, 0.05) is 18.6 Å². The molecule has 2 aliphatic rings. The van der Waals surface area contributed by atoms with Gasteiger partial charge in [-0.1, -0.05) is 26.0 Å². The minimum atomic E-state index is 0.626. The van der Waals surface area contributed by atoms with E-state index in [4.69, 9.17) is 0 Å². The summed E-state index contributed by atoms with van der Waals surface area (Å²) >= 11 is 0. The number of likely N-dealkylation sites (tertiary alicyclic amines) is 1. The van der Waals surface area contributed by atoms with Crippen molar-refractivity contribution in [2.45, 2.75) is 51.7 Å². The standard InChI is InChI=1S/C20H30N6/c1-15(2)19-11-20(24-23-19)17-7-9-25(10-8-17)12-16-3-5-18(6-4-16)26-14-21-13-22-26/h3-6,13-15,17,19-20,23-24H,7-12H2,1-2H3. The molecule has 0 amide bonds. The molecule has 26 heavy (non-hydrogen) atoms. The fourth-order valence-electron chi connectivity index (χ4n) is 4.22. The average molecular weight is 355 g/mol. The van der Waals surface area contributed by atoms with Crippen molar-refractivity contribution in [3.63, 3.8) is 0 Å². The first-order chi connectivity index (χ1) is 12.7. The number of piperidine rings is 1. The first kappa shape index (κ1) is 17.6. The van der Waals surface area contributed by atoms with Crippen molar-refractivity contribution in [2.75, 3.05) is 13.1 Å². The van der Waals surface area contributed by atoms with E-state index in [1.54, 1.807) is 17.3 Å². The Morgan fingerprint density at radius 2 is 1.88 bits per heavy atom. The van der Waals surface area contributed by atoms with E-state index in [1.807, 2.05) is 0 Å². The van der Waals surface area contributed by atoms with E-state index in [-0.39, 0.29) is 0 Å². The second kappa shape index (κ2) is 7.86. The zero-order valence-electron chi connectivity index (χ0n) is 15.8. The van der Waals surface area contributed by atoms with Crippen LogP contribution < -0.4 is 10.9 Å². The summed E-state index contributed by atoms with van der Waals surface area (Å²) < 4.78 is 1.79. The summed E-state index contributed by atoms with van der Waals surface area (Å²) in [4.78, 5) is 6.59. The predicted octanol–water partition coefficient (Wildman–Crippen LogP) is 2.37. The van der Waals surface area contributed by atoms with Crippen LogP contribution in [0.25, 0.3) is 5.69 Å². The van der Waals surface area contributed by atoms with Crippen LogP contribution in [0.3, 0.4) is 0 Å². The van der Waals surface area contributed by atoms with Crippen molar-refractivity contribution in [1.29, 1.82) is 0 Å². The maximum absolute atomic E-state index is 4.18. The lowest BCUT2D eigenvalue weighted by Gasteiger charge is -2.34. The van der Waals surface area contributed by atoms with E-state index >= 15 is 0 Å². The zero-order chi connectivity index (χ0) is 17.9. The van der Waals surface area contributed by atoms with Crippen LogP contribution in [0.15, 0.2) is 36.9 Å². The lowest BCUT2D eigenvalue weighted by molar-refractivity contribution is 0.155. The van der Waals surface area contributed by atoms with Gasteiger partial charge < -0.3 is 0 Å². The highest BCUT2D eigenvalue weighted by molar-refractivity contribution is 5.33. The number of hydrazine groups is 1. The molecule has 2 unspecified atom stereocenters. The van der Waals surface area contributed by atoms with Gasteiger partial charge in [0.25, 0.3) is 0 Å². The molecule has 140 valence electrons. The number of aromatic nitrogens is 3. The Balaban J connectivity index is 1.26. The normalized spacial score (nSPS) is 25.2. The summed E-state index contributed by atoms with van der Waals surface area (Å²) in [6.45, 7) is 8.03. The van der Waals surface area contributed by atoms with Crippen molar-refractivity contribution in [2.24, 2.45) is 11.8 Å². The van der Waals surface area contributed by atoms with Gasteiger partial charge in [-0.25, -0.2) is 9.67 Å². The Morgan fingerprint density at radius 1 is 1.12 bits per heavy atom. The summed E-state index contributed by atoms with van der Waals surface area (Å²) in [5.74, 6) is 1.50. The van der Waals surface area contributed by atoms with Gasteiger partial charge >= 0.3 is 0 Å². The van der Waals surface area contributed by atoms with Gasteiger partial charge in [-0.2, -0.15) is 5.10 Å². The molecule has 2 atom stereocenters. The van der Waals surface area contributed by atoms with Crippen LogP contribution in [0.2, 0.25) is 0 Å². The van der Waals surface area contributed by atoms with E-state index < -0.39 is 0 Å². The van der Waals surface area contributed by atoms with Gasteiger partial charge in [-0.3, -0.25) is 15.8 Å². The number of rotatable bonds is 5. The molecule has 3 heterocycles. The van der Waals surface area contributed by atoms with Crippen molar-refractivity contribution in [1.82, 2.24) is 30.5 Å². The number of hydrogen-bond acceptors (Lipinski definition) is 5. The molecule has 2 fully saturated rings. The summed E-state index contributed by atoms with van der Waals surface area (Å²) in [5.41, 5.74) is 9.48. The molecular formula is C20H30N6. The van der Waals surface area contributed by atoms with Crippen molar-refractivity contribution < 1.29 is 0 Å². The van der Waals surface area contributed by atoms with E-state index in [0.717, 1.165) is 18.2 Å². The minimum Gasteiger partial charge on any atom is -0.299 e. The van der Waals surface area contributed by atoms with Crippen molar-refractivity contribution in [3.05, 3.63) is 42.5 Å². The molecule has 2 N–H and O–H groups in total. The Morgan fingerprint density at radius 3 is 2.50 bits per heavy atom. The SMILES string of the molecule is CC(C)C1CC(C2CCN(Cc3ccc(-n4cncn4)cc3)CC2)NN1. The molecule has 0 aliphatic carbocycles. The maximum Gasteiger partial charge on any atom is 0.138 e. The molecule has 6 nitrogen and oxygen atoms in total. The van der Waals surface area contributed by atoms with Crippen LogP contribution in [0.1, 0.15) is 38.7 Å². The molecule has 6 heteroatoms. The largest absolute Gasteiger partial charge is 0.299 e. The van der Waals surface area contributed by atoms with Crippen LogP contribution in [0.5, 0.6) is 0 Å². The van der Waals surface area contributed by atoms with Crippen LogP contribution in [-0.4, -0.2) is 44.8 Å². The van der Waals surface area contributed by atoms with Gasteiger partial charge in [-0.05, 0) is 61.9 Å². The second-order valence-corrected chi connectivity index (χ2v) is 8.10. The third kappa shape index (κ3) is 3.98. The molecule has 2 saturated heterocycles. The highest BCUT2D eigenvalue weighted by Gasteiger charge is 2.33. The van der Waals surface area contributed by atoms with Gasteiger partial charge in [-0.15, -0.1) is 0 Å². The molecule has 2 aromatic rings. The van der Waals surface area contributed by atoms with Gasteiger partial charge in [0.05, 0.1) is 5.69 Å². The maximum atomic E-state index is 4.18. The first-order valence-electron chi connectivity index (χ1n) is 9.86. The Kier molecular flexibility index (Phi) is 5.33. The highest BCUT2D eigenvalue weighted by atomic mass is 15.4. The third-order valence-electron chi connectivity index (χ3n) is 5.99. The second-order valence-electron chi connectivity index (χ2n) is 8.10. The van der Waals surface area contributed by atoms with E-state index in [0.29, 0.717) is 18.0 Å². The Bertz CT molecular complexity index is 673. The molecular weight excluding hydrogens is 324 g/mol. The molecule has 0 spiro atoms. The molecule has 2 aliphatic heterocycles. The van der Waals surface area contributed by atoms with Gasteiger partial charge in [0.1, 0.15) is 12.7 Å². The minimum absolute atomic E-state index is 0.626. The summed E-state index contributed by atoms with van der Waals surface area (Å²) in [5, 5.41) is 4.18. The predicted molar refractivity (Wildman–Crippen MR) is 103 cm³/mol. The molecule has 1 aromatic heterocycles. The quantitative estimate of drug-likeness (QED) is 0.863. The fourth-order valence-corrected chi connectivity index (χ4v) is 4.22. The van der Waals surface area contributed by atoms with Crippen molar-refractivity contribution in [3.8, 4) is 5.69 Å². The lowest BCUT2D eigenvalue weighted by Crippen LogP contribution is -2.42. The third-order valence-corrected chi connectivity index (χ3v) is 5.99. The smallest absolute Gasteiger partial charge is 0.138 e. The van der Waals surface area contributed by atoms with Crippen LogP contribution >= 0.6 is 0 Å². The number of hydrogen-bond donors (Lipinski definition) is 2. The monoisotopic (exact) mass is 354 g/mol. The molecule has 0 bridgehead atoms. The summed E-state index contributed by atoms with van der Waals surface area (Å²) in [7, 11) is 0. The van der Waals surface area contributed by atoms with E-state index in [9.17, 15) is 0 Å². The lowest BCUT2D eigenvalue weighted by atomic mass is 9.85. The summed E-state index contributed by atoms with van der Waals surface area (Å²) in [6.07, 6.45) is 7.15. The van der Waals surface area contributed by atoms with E-state index in [2.05, 4.69) is 63.9 Å². The molecule has 0 saturated carbocycles. The number of nitrogens with one attached hydrogen (secondary N) is 2. The summed E-state index contributed by atoms with van der Waals surface area (Å²) in [6, 6.07) is 9.93. The van der Waals surface area contributed by atoms with Crippen LogP contribution in [0, 0.1) is 11.8 Å². The van der Waals surface area contributed by atoms with Gasteiger partial charge in [0.2, 0.25) is 0 Å². The first-order valence-corrected chi connectivity index (χ1v) is 9.86. The number of benzene rings is 1. The molecule has 0 radical (unpaired) electrons. The van der Waals surface area contributed by atoms with Gasteiger partial charge in [0.15, 0.2) is 0 Å². The van der Waals surface area contributed by atoms with Crippen LogP contribution in [-0.2, 0) is 6.54 Å². The molecule has 4 rings (SSSR count). The Labute approximate surface area is 156 Å². The number of nitrogens with zero attached hydrogens (tertiary/aromatic N) is 4. The highest BCUT2D eigenvalue weighted by Crippen LogP contribution is 2.27. The van der Waals surface area contributed by atoms with Crippen LogP contribution in [0.4, 0.5) is 0 Å². The Hall–Kier alpha value is -1.76. The average Bonchev–Trinajstić information content (AvgIpc) is 3.35. The fraction of sp³-hybridized carbons (Fsp3) is 0.600. The zero-order valence-corrected chi connectivity index (χ0v) is 15.8. The molecule has 1 aromatic carbocycles.